The first-order valence-electron chi connectivity index (χ1n) is 5.29. The molecule has 2 rings (SSSR count). The van der Waals surface area contributed by atoms with Gasteiger partial charge in [-0.25, -0.2) is 0 Å². The van der Waals surface area contributed by atoms with E-state index in [1.165, 1.54) is 5.56 Å². The van der Waals surface area contributed by atoms with Gasteiger partial charge in [-0.05, 0) is 30.9 Å². The third-order valence-electron chi connectivity index (χ3n) is 2.93. The molecule has 0 bridgehead atoms. The van der Waals surface area contributed by atoms with Crippen LogP contribution in [0.5, 0.6) is 0 Å². The summed E-state index contributed by atoms with van der Waals surface area (Å²) in [4.78, 5) is 0. The summed E-state index contributed by atoms with van der Waals surface area (Å²) in [5.41, 5.74) is 1.33. The maximum Gasteiger partial charge on any atom is 0.0696 e. The summed E-state index contributed by atoms with van der Waals surface area (Å²) >= 11 is 0. The van der Waals surface area contributed by atoms with Crippen molar-refractivity contribution in [3.63, 3.8) is 0 Å². The number of hydrogen-bond donors (Lipinski definition) is 2. The minimum absolute atomic E-state index is 0. The van der Waals surface area contributed by atoms with E-state index in [1.807, 2.05) is 6.07 Å². The number of aliphatic hydroxyl groups excluding tert-OH is 1. The molecular formula is C12H18ClNO. The lowest BCUT2D eigenvalue weighted by atomic mass is 9.89. The molecule has 0 radical (unpaired) electrons. The molecule has 3 heteroatoms. The van der Waals surface area contributed by atoms with E-state index < -0.39 is 0 Å². The lowest BCUT2D eigenvalue weighted by Gasteiger charge is -2.28. The predicted molar refractivity (Wildman–Crippen MR) is 64.4 cm³/mol. The fraction of sp³-hybridized carbons (Fsp3) is 0.500. The van der Waals surface area contributed by atoms with Gasteiger partial charge >= 0.3 is 0 Å². The Morgan fingerprint density at radius 2 is 2.00 bits per heavy atom. The molecular weight excluding hydrogens is 210 g/mol. The number of rotatable bonds is 2. The van der Waals surface area contributed by atoms with Crippen molar-refractivity contribution in [2.75, 3.05) is 13.1 Å². The van der Waals surface area contributed by atoms with Crippen LogP contribution in [-0.4, -0.2) is 24.3 Å². The Morgan fingerprint density at radius 3 is 2.67 bits per heavy atom. The highest BCUT2D eigenvalue weighted by molar-refractivity contribution is 5.85. The number of hydrogen-bond acceptors (Lipinski definition) is 2. The second kappa shape index (κ2) is 6.11. The summed E-state index contributed by atoms with van der Waals surface area (Å²) in [6.45, 7) is 1.78. The van der Waals surface area contributed by atoms with Gasteiger partial charge in [0.1, 0.15) is 0 Å². The van der Waals surface area contributed by atoms with Crippen LogP contribution in [0.15, 0.2) is 30.3 Å². The first kappa shape index (κ1) is 12.5. The Kier molecular flexibility index (Phi) is 5.09. The van der Waals surface area contributed by atoms with Gasteiger partial charge in [0.05, 0.1) is 6.10 Å². The van der Waals surface area contributed by atoms with Crippen LogP contribution in [-0.2, 0) is 6.42 Å². The second-order valence-electron chi connectivity index (χ2n) is 4.01. The normalized spacial score (nSPS) is 25.7. The fourth-order valence-electron chi connectivity index (χ4n) is 2.05. The molecule has 0 aromatic heterocycles. The molecule has 2 nitrogen and oxygen atoms in total. The van der Waals surface area contributed by atoms with Crippen LogP contribution in [0.3, 0.4) is 0 Å². The minimum Gasteiger partial charge on any atom is -0.392 e. The number of piperidine rings is 1. The third kappa shape index (κ3) is 3.49. The van der Waals surface area contributed by atoms with E-state index in [0.717, 1.165) is 25.9 Å². The number of aliphatic hydroxyl groups is 1. The molecule has 1 saturated heterocycles. The van der Waals surface area contributed by atoms with Crippen molar-refractivity contribution in [2.45, 2.75) is 18.9 Å². The van der Waals surface area contributed by atoms with E-state index >= 15 is 0 Å². The van der Waals surface area contributed by atoms with Crippen LogP contribution in [0, 0.1) is 5.92 Å². The molecule has 0 saturated carbocycles. The van der Waals surface area contributed by atoms with Crippen molar-refractivity contribution in [3.8, 4) is 0 Å². The SMILES string of the molecule is Cl.O[C@H]1CNCC[C@@H]1Cc1ccccc1. The Balaban J connectivity index is 0.00000112. The van der Waals surface area contributed by atoms with Gasteiger partial charge in [-0.15, -0.1) is 12.4 Å². The average molecular weight is 228 g/mol. The van der Waals surface area contributed by atoms with Crippen LogP contribution >= 0.6 is 12.4 Å². The molecule has 84 valence electrons. The highest BCUT2D eigenvalue weighted by atomic mass is 35.5. The summed E-state index contributed by atoms with van der Waals surface area (Å²) in [6, 6.07) is 10.4. The minimum atomic E-state index is -0.177. The zero-order chi connectivity index (χ0) is 9.80. The highest BCUT2D eigenvalue weighted by Gasteiger charge is 2.22. The highest BCUT2D eigenvalue weighted by Crippen LogP contribution is 2.18. The Bertz CT molecular complexity index is 278. The van der Waals surface area contributed by atoms with Gasteiger partial charge in [-0.2, -0.15) is 0 Å². The van der Waals surface area contributed by atoms with Gasteiger partial charge in [0, 0.05) is 6.54 Å². The summed E-state index contributed by atoms with van der Waals surface area (Å²) in [5, 5.41) is 13.0. The maximum atomic E-state index is 9.77. The monoisotopic (exact) mass is 227 g/mol. The molecule has 2 N–H and O–H groups in total. The zero-order valence-electron chi connectivity index (χ0n) is 8.73. The molecule has 1 fully saturated rings. The van der Waals surface area contributed by atoms with Crippen LogP contribution in [0.25, 0.3) is 0 Å². The maximum absolute atomic E-state index is 9.77. The van der Waals surface area contributed by atoms with E-state index in [1.54, 1.807) is 0 Å². The fourth-order valence-corrected chi connectivity index (χ4v) is 2.05. The Morgan fingerprint density at radius 1 is 1.27 bits per heavy atom. The zero-order valence-corrected chi connectivity index (χ0v) is 9.54. The molecule has 1 aromatic carbocycles. The molecule has 0 amide bonds. The summed E-state index contributed by atoms with van der Waals surface area (Å²) < 4.78 is 0. The molecule has 0 aliphatic carbocycles. The van der Waals surface area contributed by atoms with E-state index in [-0.39, 0.29) is 18.5 Å². The quantitative estimate of drug-likeness (QED) is 0.805. The molecule has 1 heterocycles. The van der Waals surface area contributed by atoms with Gasteiger partial charge in [0.15, 0.2) is 0 Å². The molecule has 1 aliphatic rings. The molecule has 0 unspecified atom stereocenters. The first-order valence-corrected chi connectivity index (χ1v) is 5.29. The van der Waals surface area contributed by atoms with Crippen LogP contribution < -0.4 is 5.32 Å². The van der Waals surface area contributed by atoms with Gasteiger partial charge in [-0.1, -0.05) is 30.3 Å². The summed E-state index contributed by atoms with van der Waals surface area (Å²) in [6.07, 6.45) is 1.91. The smallest absolute Gasteiger partial charge is 0.0696 e. The van der Waals surface area contributed by atoms with Gasteiger partial charge < -0.3 is 10.4 Å². The molecule has 1 aromatic rings. The summed E-state index contributed by atoms with van der Waals surface area (Å²) in [7, 11) is 0. The first-order chi connectivity index (χ1) is 6.86. The number of benzene rings is 1. The van der Waals surface area contributed by atoms with Gasteiger partial charge in [0.25, 0.3) is 0 Å². The lowest BCUT2D eigenvalue weighted by molar-refractivity contribution is 0.0820. The van der Waals surface area contributed by atoms with Crippen molar-refractivity contribution in [2.24, 2.45) is 5.92 Å². The van der Waals surface area contributed by atoms with E-state index in [9.17, 15) is 5.11 Å². The van der Waals surface area contributed by atoms with Crippen molar-refractivity contribution in [3.05, 3.63) is 35.9 Å². The van der Waals surface area contributed by atoms with E-state index in [4.69, 9.17) is 0 Å². The summed E-state index contributed by atoms with van der Waals surface area (Å²) in [5.74, 6) is 0.429. The van der Waals surface area contributed by atoms with E-state index in [2.05, 4.69) is 29.6 Å². The number of nitrogens with one attached hydrogen (secondary N) is 1. The predicted octanol–water partition coefficient (Wildman–Crippen LogP) is 1.62. The van der Waals surface area contributed by atoms with Crippen molar-refractivity contribution in [1.29, 1.82) is 0 Å². The Labute approximate surface area is 97.1 Å². The van der Waals surface area contributed by atoms with Crippen molar-refractivity contribution in [1.82, 2.24) is 5.32 Å². The molecule has 15 heavy (non-hydrogen) atoms. The van der Waals surface area contributed by atoms with Gasteiger partial charge in [-0.3, -0.25) is 0 Å². The van der Waals surface area contributed by atoms with Gasteiger partial charge in [0.2, 0.25) is 0 Å². The van der Waals surface area contributed by atoms with Crippen molar-refractivity contribution < 1.29 is 5.11 Å². The second-order valence-corrected chi connectivity index (χ2v) is 4.01. The Hall–Kier alpha value is -0.570. The molecule has 0 spiro atoms. The average Bonchev–Trinajstić information content (AvgIpc) is 2.23. The van der Waals surface area contributed by atoms with E-state index in [0.29, 0.717) is 5.92 Å². The number of halogens is 1. The lowest BCUT2D eigenvalue weighted by Crippen LogP contribution is -2.41. The standard InChI is InChI=1S/C12H17NO.ClH/c14-12-9-13-7-6-11(12)8-10-4-2-1-3-5-10;/h1-5,11-14H,6-9H2;1H/t11-,12+;/m1./s1. The van der Waals surface area contributed by atoms with Crippen LogP contribution in [0.1, 0.15) is 12.0 Å². The third-order valence-corrected chi connectivity index (χ3v) is 2.93. The van der Waals surface area contributed by atoms with Crippen molar-refractivity contribution >= 4 is 12.4 Å². The number of β-amino-alcohol motifs (C(OH)–C–C–N with tert-alkyl or cyclic N) is 1. The van der Waals surface area contributed by atoms with Crippen LogP contribution in [0.2, 0.25) is 0 Å². The molecule has 1 aliphatic heterocycles. The largest absolute Gasteiger partial charge is 0.392 e. The molecule has 2 atom stereocenters. The topological polar surface area (TPSA) is 32.3 Å². The van der Waals surface area contributed by atoms with Crippen LogP contribution in [0.4, 0.5) is 0 Å².